The molecule has 1 rings (SSSR count). The van der Waals surface area contributed by atoms with E-state index in [0.717, 1.165) is 18.7 Å². The van der Waals surface area contributed by atoms with Crippen molar-refractivity contribution in [2.45, 2.75) is 40.7 Å². The Balaban J connectivity index is 2.64. The maximum Gasteiger partial charge on any atom is 0.0824 e. The predicted molar refractivity (Wildman–Crippen MR) is 48.9 cm³/mol. The highest BCUT2D eigenvalue weighted by atomic mass is 15.4. The highest BCUT2D eigenvalue weighted by Crippen LogP contribution is 2.15. The van der Waals surface area contributed by atoms with Crippen LogP contribution in [-0.4, -0.2) is 15.0 Å². The molecule has 3 nitrogen and oxygen atoms in total. The van der Waals surface area contributed by atoms with Gasteiger partial charge in [-0.15, -0.1) is 5.10 Å². The Kier molecular flexibility index (Phi) is 2.50. The molecule has 0 unspecified atom stereocenters. The molecular weight excluding hydrogens is 150 g/mol. The summed E-state index contributed by atoms with van der Waals surface area (Å²) in [6, 6.07) is 0. The van der Waals surface area contributed by atoms with Crippen LogP contribution in [0.1, 0.15) is 33.4 Å². The van der Waals surface area contributed by atoms with Crippen LogP contribution < -0.4 is 0 Å². The summed E-state index contributed by atoms with van der Waals surface area (Å²) >= 11 is 0. The molecule has 1 aromatic rings. The lowest BCUT2D eigenvalue weighted by Gasteiger charge is -2.16. The fourth-order valence-corrected chi connectivity index (χ4v) is 1.06. The van der Waals surface area contributed by atoms with E-state index in [2.05, 4.69) is 38.0 Å². The molecule has 0 saturated carbocycles. The Morgan fingerprint density at radius 1 is 1.42 bits per heavy atom. The molecule has 0 atom stereocenters. The van der Waals surface area contributed by atoms with Gasteiger partial charge < -0.3 is 0 Å². The molecule has 0 N–H and O–H groups in total. The van der Waals surface area contributed by atoms with Crippen molar-refractivity contribution in [3.05, 3.63) is 11.9 Å². The summed E-state index contributed by atoms with van der Waals surface area (Å²) in [5.41, 5.74) is 1.35. The van der Waals surface area contributed by atoms with Crippen LogP contribution >= 0.6 is 0 Å². The Hall–Kier alpha value is -0.860. The summed E-state index contributed by atoms with van der Waals surface area (Å²) < 4.78 is 1.92. The third-order valence-electron chi connectivity index (χ3n) is 1.58. The van der Waals surface area contributed by atoms with Crippen molar-refractivity contribution in [1.82, 2.24) is 15.0 Å². The quantitative estimate of drug-likeness (QED) is 0.673. The zero-order chi connectivity index (χ0) is 9.19. The Morgan fingerprint density at radius 2 is 2.08 bits per heavy atom. The summed E-state index contributed by atoms with van der Waals surface area (Å²) in [6.45, 7) is 9.60. The highest BCUT2D eigenvalue weighted by molar-refractivity contribution is 4.91. The molecular formula is C9H17N3. The molecule has 0 aliphatic rings. The summed E-state index contributed by atoms with van der Waals surface area (Å²) in [5.74, 6) is 0. The standard InChI is InChI=1S/C9H17N3/c1-5-8-6-12(11-10-8)7-9(2,3)4/h6H,5,7H2,1-4H3. The van der Waals surface area contributed by atoms with Gasteiger partial charge in [0, 0.05) is 12.7 Å². The van der Waals surface area contributed by atoms with E-state index in [1.54, 1.807) is 0 Å². The molecule has 1 heterocycles. The Morgan fingerprint density at radius 3 is 2.50 bits per heavy atom. The van der Waals surface area contributed by atoms with Crippen LogP contribution in [0.3, 0.4) is 0 Å². The molecule has 12 heavy (non-hydrogen) atoms. The molecule has 0 aliphatic carbocycles. The van der Waals surface area contributed by atoms with E-state index in [9.17, 15) is 0 Å². The molecule has 3 heteroatoms. The van der Waals surface area contributed by atoms with Crippen LogP contribution in [0.15, 0.2) is 6.20 Å². The monoisotopic (exact) mass is 167 g/mol. The van der Waals surface area contributed by atoms with Gasteiger partial charge in [0.2, 0.25) is 0 Å². The second-order valence-corrected chi connectivity index (χ2v) is 4.32. The van der Waals surface area contributed by atoms with Gasteiger partial charge in [-0.1, -0.05) is 32.9 Å². The van der Waals surface area contributed by atoms with Gasteiger partial charge in [-0.3, -0.25) is 4.68 Å². The minimum absolute atomic E-state index is 0.276. The third kappa shape index (κ3) is 2.64. The number of hydrogen-bond acceptors (Lipinski definition) is 2. The molecule has 0 spiro atoms. The van der Waals surface area contributed by atoms with Gasteiger partial charge in [-0.25, -0.2) is 0 Å². The lowest BCUT2D eigenvalue weighted by molar-refractivity contribution is 0.321. The Bertz CT molecular complexity index is 245. The first-order chi connectivity index (χ1) is 5.51. The van der Waals surface area contributed by atoms with Crippen molar-refractivity contribution in [3.8, 4) is 0 Å². The Labute approximate surface area is 73.8 Å². The number of nitrogens with zero attached hydrogens (tertiary/aromatic N) is 3. The van der Waals surface area contributed by atoms with E-state index in [0.29, 0.717) is 0 Å². The van der Waals surface area contributed by atoms with Gasteiger partial charge in [0.05, 0.1) is 5.69 Å². The van der Waals surface area contributed by atoms with E-state index in [1.807, 2.05) is 10.9 Å². The van der Waals surface area contributed by atoms with Crippen LogP contribution in [0.25, 0.3) is 0 Å². The molecule has 68 valence electrons. The van der Waals surface area contributed by atoms with E-state index < -0.39 is 0 Å². The molecule has 0 amide bonds. The second-order valence-electron chi connectivity index (χ2n) is 4.32. The van der Waals surface area contributed by atoms with Gasteiger partial charge in [-0.2, -0.15) is 0 Å². The van der Waals surface area contributed by atoms with Crippen LogP contribution in [0.2, 0.25) is 0 Å². The van der Waals surface area contributed by atoms with E-state index >= 15 is 0 Å². The van der Waals surface area contributed by atoms with E-state index in [1.165, 1.54) is 0 Å². The lowest BCUT2D eigenvalue weighted by Crippen LogP contribution is -2.15. The fraction of sp³-hybridized carbons (Fsp3) is 0.778. The van der Waals surface area contributed by atoms with Crippen molar-refractivity contribution in [2.24, 2.45) is 5.41 Å². The highest BCUT2D eigenvalue weighted by Gasteiger charge is 2.11. The number of rotatable bonds is 2. The van der Waals surface area contributed by atoms with Crippen molar-refractivity contribution >= 4 is 0 Å². The van der Waals surface area contributed by atoms with Crippen LogP contribution in [-0.2, 0) is 13.0 Å². The van der Waals surface area contributed by atoms with Gasteiger partial charge in [-0.05, 0) is 11.8 Å². The summed E-state index contributed by atoms with van der Waals surface area (Å²) in [5, 5.41) is 8.07. The largest absolute Gasteiger partial charge is 0.252 e. The molecule has 0 aliphatic heterocycles. The number of aromatic nitrogens is 3. The zero-order valence-electron chi connectivity index (χ0n) is 8.33. The normalized spacial score (nSPS) is 12.0. The smallest absolute Gasteiger partial charge is 0.0824 e. The van der Waals surface area contributed by atoms with Crippen LogP contribution in [0.5, 0.6) is 0 Å². The maximum absolute atomic E-state index is 4.04. The second kappa shape index (κ2) is 3.25. The van der Waals surface area contributed by atoms with Gasteiger partial charge in [0.25, 0.3) is 0 Å². The van der Waals surface area contributed by atoms with Gasteiger partial charge >= 0.3 is 0 Å². The fourth-order valence-electron chi connectivity index (χ4n) is 1.06. The first-order valence-electron chi connectivity index (χ1n) is 4.40. The van der Waals surface area contributed by atoms with Gasteiger partial charge in [0.1, 0.15) is 0 Å². The summed E-state index contributed by atoms with van der Waals surface area (Å²) in [4.78, 5) is 0. The van der Waals surface area contributed by atoms with Crippen molar-refractivity contribution in [2.75, 3.05) is 0 Å². The average Bonchev–Trinajstić information content (AvgIpc) is 2.32. The zero-order valence-corrected chi connectivity index (χ0v) is 8.33. The van der Waals surface area contributed by atoms with E-state index in [-0.39, 0.29) is 5.41 Å². The molecule has 0 radical (unpaired) electrons. The first kappa shape index (κ1) is 9.23. The van der Waals surface area contributed by atoms with Crippen molar-refractivity contribution in [1.29, 1.82) is 0 Å². The van der Waals surface area contributed by atoms with Crippen LogP contribution in [0.4, 0.5) is 0 Å². The van der Waals surface area contributed by atoms with Crippen molar-refractivity contribution in [3.63, 3.8) is 0 Å². The lowest BCUT2D eigenvalue weighted by atomic mass is 9.97. The number of aryl methyl sites for hydroxylation is 1. The van der Waals surface area contributed by atoms with Crippen molar-refractivity contribution < 1.29 is 0 Å². The van der Waals surface area contributed by atoms with Gasteiger partial charge in [0.15, 0.2) is 0 Å². The molecule has 0 bridgehead atoms. The third-order valence-corrected chi connectivity index (χ3v) is 1.58. The predicted octanol–water partition coefficient (Wildman–Crippen LogP) is 1.89. The summed E-state index contributed by atoms with van der Waals surface area (Å²) in [6.07, 6.45) is 2.98. The minimum atomic E-state index is 0.276. The minimum Gasteiger partial charge on any atom is -0.252 e. The summed E-state index contributed by atoms with van der Waals surface area (Å²) in [7, 11) is 0. The molecule has 0 aromatic carbocycles. The molecule has 1 aromatic heterocycles. The maximum atomic E-state index is 4.04. The van der Waals surface area contributed by atoms with Crippen LogP contribution in [0, 0.1) is 5.41 Å². The van der Waals surface area contributed by atoms with E-state index in [4.69, 9.17) is 0 Å². The number of hydrogen-bond donors (Lipinski definition) is 0. The molecule has 0 fully saturated rings. The first-order valence-corrected chi connectivity index (χ1v) is 4.40. The SMILES string of the molecule is CCc1cn(CC(C)(C)C)nn1. The molecule has 0 saturated heterocycles. The average molecular weight is 167 g/mol. The topological polar surface area (TPSA) is 30.7 Å².